The van der Waals surface area contributed by atoms with E-state index >= 15 is 0 Å². The van der Waals surface area contributed by atoms with Crippen LogP contribution in [0.5, 0.6) is 0 Å². The van der Waals surface area contributed by atoms with Crippen molar-refractivity contribution in [1.82, 2.24) is 4.90 Å². The van der Waals surface area contributed by atoms with Gasteiger partial charge in [-0.3, -0.25) is 0 Å². The maximum atomic E-state index is 5.51. The van der Waals surface area contributed by atoms with Gasteiger partial charge in [-0.05, 0) is 12.5 Å². The number of likely N-dealkylation sites (tertiary alicyclic amines) is 1. The normalized spacial score (nSPS) is 23.2. The first-order valence-electron chi connectivity index (χ1n) is 3.99. The minimum absolute atomic E-state index is 0.636. The molecule has 1 saturated heterocycles. The molecule has 11 heavy (non-hydrogen) atoms. The van der Waals surface area contributed by atoms with Crippen molar-refractivity contribution in [3.05, 3.63) is 0 Å². The SMILES string of the molecule is CC(CN1CC(CN)C1)SS. The van der Waals surface area contributed by atoms with E-state index in [9.17, 15) is 0 Å². The second-order valence-electron chi connectivity index (χ2n) is 3.24. The number of rotatable bonds is 4. The molecule has 4 heteroatoms. The zero-order valence-electron chi connectivity index (χ0n) is 6.86. The van der Waals surface area contributed by atoms with Crippen LogP contribution in [0.2, 0.25) is 0 Å². The van der Waals surface area contributed by atoms with Crippen LogP contribution in [0.3, 0.4) is 0 Å². The highest BCUT2D eigenvalue weighted by molar-refractivity contribution is 8.68. The Bertz CT molecular complexity index is 115. The van der Waals surface area contributed by atoms with Gasteiger partial charge in [0.2, 0.25) is 0 Å². The molecule has 0 aromatic carbocycles. The summed E-state index contributed by atoms with van der Waals surface area (Å²) in [6.07, 6.45) is 0. The lowest BCUT2D eigenvalue weighted by molar-refractivity contribution is 0.108. The Hall–Kier alpha value is 0.620. The summed E-state index contributed by atoms with van der Waals surface area (Å²) in [6.45, 7) is 6.58. The topological polar surface area (TPSA) is 29.3 Å². The highest BCUT2D eigenvalue weighted by Crippen LogP contribution is 2.20. The molecule has 1 fully saturated rings. The first-order valence-corrected chi connectivity index (χ1v) is 5.92. The summed E-state index contributed by atoms with van der Waals surface area (Å²) in [6, 6.07) is 0. The molecule has 1 heterocycles. The molecule has 1 aliphatic rings. The maximum Gasteiger partial charge on any atom is 0.0248 e. The van der Waals surface area contributed by atoms with E-state index in [0.717, 1.165) is 19.0 Å². The van der Waals surface area contributed by atoms with Crippen LogP contribution in [0.1, 0.15) is 6.92 Å². The molecular weight excluding hydrogens is 176 g/mol. The van der Waals surface area contributed by atoms with Gasteiger partial charge in [-0.15, -0.1) is 11.7 Å². The van der Waals surface area contributed by atoms with Crippen molar-refractivity contribution in [2.75, 3.05) is 26.2 Å². The summed E-state index contributed by atoms with van der Waals surface area (Å²) < 4.78 is 0. The molecule has 1 aliphatic heterocycles. The van der Waals surface area contributed by atoms with E-state index in [4.69, 9.17) is 5.73 Å². The lowest BCUT2D eigenvalue weighted by Crippen LogP contribution is -2.51. The Labute approximate surface area is 77.7 Å². The lowest BCUT2D eigenvalue weighted by Gasteiger charge is -2.39. The Morgan fingerprint density at radius 2 is 2.36 bits per heavy atom. The molecule has 0 spiro atoms. The molecule has 1 rings (SSSR count). The fourth-order valence-corrected chi connectivity index (χ4v) is 1.85. The summed E-state index contributed by atoms with van der Waals surface area (Å²) in [4.78, 5) is 2.44. The van der Waals surface area contributed by atoms with Gasteiger partial charge in [-0.25, -0.2) is 0 Å². The largest absolute Gasteiger partial charge is 0.330 e. The van der Waals surface area contributed by atoms with Crippen LogP contribution in [0.4, 0.5) is 0 Å². The second kappa shape index (κ2) is 4.60. The van der Waals surface area contributed by atoms with E-state index in [1.165, 1.54) is 13.1 Å². The molecule has 66 valence electrons. The number of nitrogens with two attached hydrogens (primary N) is 1. The van der Waals surface area contributed by atoms with Crippen molar-refractivity contribution in [2.24, 2.45) is 11.7 Å². The van der Waals surface area contributed by atoms with Crippen molar-refractivity contribution in [2.45, 2.75) is 12.2 Å². The number of nitrogens with zero attached hydrogens (tertiary/aromatic N) is 1. The van der Waals surface area contributed by atoms with Crippen molar-refractivity contribution in [3.8, 4) is 0 Å². The fourth-order valence-electron chi connectivity index (χ4n) is 1.37. The van der Waals surface area contributed by atoms with Crippen LogP contribution >= 0.6 is 22.5 Å². The molecule has 0 saturated carbocycles. The Morgan fingerprint density at radius 3 is 2.82 bits per heavy atom. The van der Waals surface area contributed by atoms with Crippen molar-refractivity contribution in [3.63, 3.8) is 0 Å². The summed E-state index contributed by atoms with van der Waals surface area (Å²) in [7, 11) is 1.63. The quantitative estimate of drug-likeness (QED) is 0.511. The number of thiol groups is 1. The van der Waals surface area contributed by atoms with Gasteiger partial charge >= 0.3 is 0 Å². The summed E-state index contributed by atoms with van der Waals surface area (Å²) >= 11 is 4.16. The van der Waals surface area contributed by atoms with E-state index in [2.05, 4.69) is 23.5 Å². The van der Waals surface area contributed by atoms with E-state index in [1.54, 1.807) is 10.8 Å². The Balaban J connectivity index is 2.04. The van der Waals surface area contributed by atoms with Gasteiger partial charge < -0.3 is 10.6 Å². The van der Waals surface area contributed by atoms with E-state index in [0.29, 0.717) is 5.25 Å². The van der Waals surface area contributed by atoms with E-state index in [-0.39, 0.29) is 0 Å². The highest BCUT2D eigenvalue weighted by atomic mass is 33.1. The van der Waals surface area contributed by atoms with Crippen LogP contribution in [0.15, 0.2) is 0 Å². The second-order valence-corrected chi connectivity index (χ2v) is 4.88. The molecule has 0 aromatic heterocycles. The van der Waals surface area contributed by atoms with Gasteiger partial charge in [0.25, 0.3) is 0 Å². The minimum atomic E-state index is 0.636. The zero-order valence-corrected chi connectivity index (χ0v) is 8.57. The lowest BCUT2D eigenvalue weighted by atomic mass is 10.0. The monoisotopic (exact) mass is 192 g/mol. The van der Waals surface area contributed by atoms with Crippen molar-refractivity contribution < 1.29 is 0 Å². The van der Waals surface area contributed by atoms with Crippen molar-refractivity contribution >= 4 is 22.5 Å². The molecule has 0 aromatic rings. The average molecular weight is 192 g/mol. The third kappa shape index (κ3) is 2.86. The zero-order chi connectivity index (χ0) is 8.27. The molecule has 0 aliphatic carbocycles. The predicted molar refractivity (Wildman–Crippen MR) is 55.0 cm³/mol. The molecule has 2 nitrogen and oxygen atoms in total. The molecular formula is C7H16N2S2. The first-order chi connectivity index (χ1) is 5.26. The maximum absolute atomic E-state index is 5.51. The molecule has 0 radical (unpaired) electrons. The third-order valence-electron chi connectivity index (χ3n) is 2.06. The summed E-state index contributed by atoms with van der Waals surface area (Å²) in [5.74, 6) is 0.757. The highest BCUT2D eigenvalue weighted by Gasteiger charge is 2.25. The van der Waals surface area contributed by atoms with Gasteiger partial charge in [0.05, 0.1) is 0 Å². The fraction of sp³-hybridized carbons (Fsp3) is 1.00. The van der Waals surface area contributed by atoms with Crippen LogP contribution in [0, 0.1) is 5.92 Å². The average Bonchev–Trinajstić information content (AvgIpc) is 1.95. The Kier molecular flexibility index (Phi) is 4.06. The Morgan fingerprint density at radius 1 is 1.73 bits per heavy atom. The van der Waals surface area contributed by atoms with Gasteiger partial charge in [0, 0.05) is 24.9 Å². The molecule has 1 atom stereocenters. The number of hydrogen-bond donors (Lipinski definition) is 2. The van der Waals surface area contributed by atoms with E-state index < -0.39 is 0 Å². The minimum Gasteiger partial charge on any atom is -0.330 e. The standard InChI is InChI=1S/C7H16N2S2/c1-6(11-10)3-9-4-7(2-8)5-9/h6-7,10H,2-5,8H2,1H3. The van der Waals surface area contributed by atoms with Crippen LogP contribution in [-0.2, 0) is 0 Å². The van der Waals surface area contributed by atoms with Crippen LogP contribution in [0.25, 0.3) is 0 Å². The van der Waals surface area contributed by atoms with Gasteiger partial charge in [0.15, 0.2) is 0 Å². The van der Waals surface area contributed by atoms with E-state index in [1.807, 2.05) is 0 Å². The third-order valence-corrected chi connectivity index (χ3v) is 3.65. The molecule has 1 unspecified atom stereocenters. The van der Waals surface area contributed by atoms with Gasteiger partial charge in [-0.2, -0.15) is 0 Å². The first kappa shape index (κ1) is 9.71. The van der Waals surface area contributed by atoms with Gasteiger partial charge in [-0.1, -0.05) is 17.7 Å². The van der Waals surface area contributed by atoms with Crippen LogP contribution < -0.4 is 5.73 Å². The summed E-state index contributed by atoms with van der Waals surface area (Å²) in [5.41, 5.74) is 5.51. The summed E-state index contributed by atoms with van der Waals surface area (Å²) in [5, 5.41) is 0.636. The van der Waals surface area contributed by atoms with Crippen LogP contribution in [-0.4, -0.2) is 36.3 Å². The molecule has 2 N–H and O–H groups in total. The van der Waals surface area contributed by atoms with Crippen molar-refractivity contribution in [1.29, 1.82) is 0 Å². The van der Waals surface area contributed by atoms with Gasteiger partial charge in [0.1, 0.15) is 0 Å². The molecule has 0 amide bonds. The predicted octanol–water partition coefficient (Wildman–Crippen LogP) is 0.843. The molecule has 0 bridgehead atoms. The smallest absolute Gasteiger partial charge is 0.0248 e. The number of hydrogen-bond acceptors (Lipinski definition) is 4.